The molecule has 3 aromatic rings. The maximum Gasteiger partial charge on any atom is 0.332 e. The Balaban J connectivity index is 2.31. The quantitative estimate of drug-likeness (QED) is 0.641. The summed E-state index contributed by atoms with van der Waals surface area (Å²) in [5, 5.41) is 0. The Hall–Kier alpha value is -2.15. The Kier molecular flexibility index (Phi) is 3.75. The van der Waals surface area contributed by atoms with Crippen LogP contribution in [0, 0.1) is 13.8 Å². The van der Waals surface area contributed by atoms with E-state index in [4.69, 9.17) is 0 Å². The first-order valence-corrected chi connectivity index (χ1v) is 7.98. The van der Waals surface area contributed by atoms with E-state index in [1.165, 1.54) is 11.6 Å². The van der Waals surface area contributed by atoms with Crippen LogP contribution in [0.2, 0.25) is 0 Å². The molecule has 0 aliphatic rings. The summed E-state index contributed by atoms with van der Waals surface area (Å²) < 4.78 is 4.91. The number of rotatable bonds is 2. The van der Waals surface area contributed by atoms with Crippen molar-refractivity contribution in [2.75, 3.05) is 0 Å². The normalized spacial score (nSPS) is 11.3. The number of hydrogen-bond acceptors (Lipinski definition) is 3. The van der Waals surface area contributed by atoms with E-state index < -0.39 is 0 Å². The van der Waals surface area contributed by atoms with Crippen LogP contribution in [0.1, 0.15) is 16.7 Å². The first-order valence-electron chi connectivity index (χ1n) is 7.19. The highest BCUT2D eigenvalue weighted by molar-refractivity contribution is 9.10. The number of hydrogen-bond donors (Lipinski definition) is 0. The summed E-state index contributed by atoms with van der Waals surface area (Å²) in [6, 6.07) is 6.23. The van der Waals surface area contributed by atoms with Crippen LogP contribution in [0.3, 0.4) is 0 Å². The van der Waals surface area contributed by atoms with Gasteiger partial charge in [-0.3, -0.25) is 18.5 Å². The van der Waals surface area contributed by atoms with E-state index >= 15 is 0 Å². The molecule has 0 fully saturated rings. The lowest BCUT2D eigenvalue weighted by Gasteiger charge is -2.12. The average Bonchev–Trinajstić information content (AvgIpc) is 2.84. The molecule has 23 heavy (non-hydrogen) atoms. The molecule has 0 spiro atoms. The largest absolute Gasteiger partial charge is 0.332 e. The minimum atomic E-state index is -0.386. The number of nitrogens with zero attached hydrogens (tertiary/aromatic N) is 4. The van der Waals surface area contributed by atoms with Crippen molar-refractivity contribution in [2.45, 2.75) is 20.4 Å². The van der Waals surface area contributed by atoms with E-state index in [0.717, 1.165) is 21.3 Å². The first kappa shape index (κ1) is 15.7. The van der Waals surface area contributed by atoms with Gasteiger partial charge in [0.1, 0.15) is 0 Å². The third kappa shape index (κ3) is 2.45. The minimum Gasteiger partial charge on any atom is -0.300 e. The van der Waals surface area contributed by atoms with Gasteiger partial charge in [-0.25, -0.2) is 9.78 Å². The lowest BCUT2D eigenvalue weighted by molar-refractivity contribution is 0.684. The van der Waals surface area contributed by atoms with E-state index in [9.17, 15) is 9.59 Å². The monoisotopic (exact) mass is 376 g/mol. The SMILES string of the molecule is Cc1ccc(C)c(Cn2c(Br)nc3c(=O)n(C)c(=O)n(C)c32)c1. The summed E-state index contributed by atoms with van der Waals surface area (Å²) in [5.41, 5.74) is 3.49. The molecule has 0 unspecified atom stereocenters. The van der Waals surface area contributed by atoms with Crippen LogP contribution in [0.25, 0.3) is 11.2 Å². The number of aromatic nitrogens is 4. The first-order chi connectivity index (χ1) is 10.8. The molecule has 7 heteroatoms. The topological polar surface area (TPSA) is 61.8 Å². The van der Waals surface area contributed by atoms with Crippen molar-refractivity contribution >= 4 is 27.1 Å². The van der Waals surface area contributed by atoms with E-state index in [-0.39, 0.29) is 16.8 Å². The van der Waals surface area contributed by atoms with Crippen molar-refractivity contribution in [2.24, 2.45) is 14.1 Å². The van der Waals surface area contributed by atoms with Crippen LogP contribution >= 0.6 is 15.9 Å². The Morgan fingerprint density at radius 2 is 1.83 bits per heavy atom. The van der Waals surface area contributed by atoms with Gasteiger partial charge < -0.3 is 0 Å². The van der Waals surface area contributed by atoms with E-state index in [1.54, 1.807) is 7.05 Å². The van der Waals surface area contributed by atoms with E-state index in [0.29, 0.717) is 16.9 Å². The van der Waals surface area contributed by atoms with E-state index in [2.05, 4.69) is 39.1 Å². The summed E-state index contributed by atoms with van der Waals surface area (Å²) in [5.74, 6) is 0. The van der Waals surface area contributed by atoms with Crippen LogP contribution in [0.4, 0.5) is 0 Å². The molecule has 0 aliphatic heterocycles. The second kappa shape index (κ2) is 5.49. The van der Waals surface area contributed by atoms with Crippen molar-refractivity contribution in [1.82, 2.24) is 18.7 Å². The molecule has 2 heterocycles. The van der Waals surface area contributed by atoms with Crippen molar-refractivity contribution in [3.05, 3.63) is 60.5 Å². The van der Waals surface area contributed by atoms with Gasteiger partial charge >= 0.3 is 5.69 Å². The van der Waals surface area contributed by atoms with Gasteiger partial charge in [0.05, 0.1) is 6.54 Å². The number of aryl methyl sites for hydroxylation is 3. The minimum absolute atomic E-state index is 0.284. The molecular formula is C16H17BrN4O2. The highest BCUT2D eigenvalue weighted by Crippen LogP contribution is 2.20. The van der Waals surface area contributed by atoms with Gasteiger partial charge in [0, 0.05) is 14.1 Å². The standard InChI is InChI=1S/C16H17BrN4O2/c1-9-5-6-10(2)11(7-9)8-21-13-12(18-15(21)17)14(22)20(4)16(23)19(13)3/h5-7H,8H2,1-4H3. The fraction of sp³-hybridized carbons (Fsp3) is 0.312. The summed E-state index contributed by atoms with van der Waals surface area (Å²) in [6.07, 6.45) is 0. The summed E-state index contributed by atoms with van der Waals surface area (Å²) in [4.78, 5) is 28.8. The van der Waals surface area contributed by atoms with Gasteiger partial charge in [0.15, 0.2) is 15.9 Å². The van der Waals surface area contributed by atoms with E-state index in [1.807, 2.05) is 18.4 Å². The molecule has 0 amide bonds. The fourth-order valence-electron chi connectivity index (χ4n) is 2.74. The Bertz CT molecular complexity index is 1040. The summed E-state index contributed by atoms with van der Waals surface area (Å²) >= 11 is 3.42. The molecule has 120 valence electrons. The second-order valence-corrected chi connectivity index (χ2v) is 6.48. The van der Waals surface area contributed by atoms with Crippen molar-refractivity contribution < 1.29 is 0 Å². The Morgan fingerprint density at radius 1 is 1.13 bits per heavy atom. The third-order valence-corrected chi connectivity index (χ3v) is 4.73. The Labute approximate surface area is 141 Å². The molecule has 6 nitrogen and oxygen atoms in total. The predicted octanol–water partition coefficient (Wildman–Crippen LogP) is 1.86. The molecule has 0 saturated heterocycles. The average molecular weight is 377 g/mol. The molecule has 0 aliphatic carbocycles. The maximum atomic E-state index is 12.3. The summed E-state index contributed by atoms with van der Waals surface area (Å²) in [6.45, 7) is 4.61. The van der Waals surface area contributed by atoms with Gasteiger partial charge in [0.25, 0.3) is 5.56 Å². The molecule has 1 aromatic carbocycles. The Morgan fingerprint density at radius 3 is 2.52 bits per heavy atom. The highest BCUT2D eigenvalue weighted by Gasteiger charge is 2.18. The van der Waals surface area contributed by atoms with Gasteiger partial charge in [-0.05, 0) is 40.9 Å². The lowest BCUT2D eigenvalue weighted by Crippen LogP contribution is -2.37. The zero-order valence-electron chi connectivity index (χ0n) is 13.4. The van der Waals surface area contributed by atoms with Gasteiger partial charge in [0.2, 0.25) is 0 Å². The predicted molar refractivity (Wildman–Crippen MR) is 92.9 cm³/mol. The molecule has 2 aromatic heterocycles. The highest BCUT2D eigenvalue weighted by atomic mass is 79.9. The number of fused-ring (bicyclic) bond motifs is 1. The van der Waals surface area contributed by atoms with Gasteiger partial charge in [-0.1, -0.05) is 23.8 Å². The molecule has 0 atom stereocenters. The lowest BCUT2D eigenvalue weighted by atomic mass is 10.1. The zero-order chi connectivity index (χ0) is 16.9. The zero-order valence-corrected chi connectivity index (χ0v) is 15.0. The van der Waals surface area contributed by atoms with Crippen LogP contribution < -0.4 is 11.2 Å². The van der Waals surface area contributed by atoms with Crippen LogP contribution in [0.15, 0.2) is 32.5 Å². The fourth-order valence-corrected chi connectivity index (χ4v) is 3.21. The van der Waals surface area contributed by atoms with Crippen LogP contribution in [0.5, 0.6) is 0 Å². The molecule has 3 rings (SSSR count). The number of imidazole rings is 1. The number of halogens is 1. The van der Waals surface area contributed by atoms with Gasteiger partial charge in [-0.15, -0.1) is 0 Å². The molecule has 0 bridgehead atoms. The van der Waals surface area contributed by atoms with Gasteiger partial charge in [-0.2, -0.15) is 0 Å². The smallest absolute Gasteiger partial charge is 0.300 e. The molecule has 0 radical (unpaired) electrons. The third-order valence-electron chi connectivity index (χ3n) is 4.13. The van der Waals surface area contributed by atoms with Crippen LogP contribution in [-0.2, 0) is 20.6 Å². The van der Waals surface area contributed by atoms with Crippen molar-refractivity contribution in [3.8, 4) is 0 Å². The van der Waals surface area contributed by atoms with Crippen LogP contribution in [-0.4, -0.2) is 18.7 Å². The number of benzene rings is 1. The molecule has 0 saturated carbocycles. The van der Waals surface area contributed by atoms with Crippen molar-refractivity contribution in [3.63, 3.8) is 0 Å². The molecule has 0 N–H and O–H groups in total. The summed E-state index contributed by atoms with van der Waals surface area (Å²) in [7, 11) is 3.11. The van der Waals surface area contributed by atoms with Crippen molar-refractivity contribution in [1.29, 1.82) is 0 Å². The maximum absolute atomic E-state index is 12.3. The second-order valence-electron chi connectivity index (χ2n) is 5.77. The molecular weight excluding hydrogens is 360 g/mol.